The maximum absolute atomic E-state index is 12.2. The number of primary amides is 1. The van der Waals surface area contributed by atoms with E-state index in [0.29, 0.717) is 10.6 Å². The van der Waals surface area contributed by atoms with Crippen LogP contribution in [0.3, 0.4) is 0 Å². The standard InChI is InChI=1S/C16H17N3O2S2/c17-15(21)14-10-5-1-2-6-11(10)23-16(14)19-12(20)9-22-13-7-3-4-8-18-13/h3-4,7-8H,1-2,5-6,9H2,(H2,17,21)(H,19,20). The summed E-state index contributed by atoms with van der Waals surface area (Å²) >= 11 is 2.84. The Kier molecular flexibility index (Phi) is 4.97. The maximum atomic E-state index is 12.2. The number of nitrogens with one attached hydrogen (secondary N) is 1. The number of rotatable bonds is 5. The first-order valence-electron chi connectivity index (χ1n) is 7.43. The zero-order valence-corrected chi connectivity index (χ0v) is 14.1. The Labute approximate surface area is 142 Å². The van der Waals surface area contributed by atoms with E-state index in [0.717, 1.165) is 36.3 Å². The number of thioether (sulfide) groups is 1. The summed E-state index contributed by atoms with van der Waals surface area (Å²) in [5.74, 6) is -0.364. The number of pyridine rings is 1. The van der Waals surface area contributed by atoms with E-state index in [-0.39, 0.29) is 11.7 Å². The van der Waals surface area contributed by atoms with Crippen molar-refractivity contribution in [1.29, 1.82) is 0 Å². The Morgan fingerprint density at radius 1 is 1.30 bits per heavy atom. The fourth-order valence-corrected chi connectivity index (χ4v) is 4.62. The first-order valence-corrected chi connectivity index (χ1v) is 9.23. The van der Waals surface area contributed by atoms with Crippen molar-refractivity contribution in [3.8, 4) is 0 Å². The maximum Gasteiger partial charge on any atom is 0.251 e. The average Bonchev–Trinajstić information content (AvgIpc) is 2.91. The van der Waals surface area contributed by atoms with Crippen LogP contribution in [-0.4, -0.2) is 22.6 Å². The molecule has 1 aliphatic carbocycles. The number of nitrogens with zero attached hydrogens (tertiary/aromatic N) is 1. The second kappa shape index (κ2) is 7.14. The van der Waals surface area contributed by atoms with Crippen molar-refractivity contribution >= 4 is 39.9 Å². The van der Waals surface area contributed by atoms with Crippen LogP contribution in [0.2, 0.25) is 0 Å². The van der Waals surface area contributed by atoms with E-state index in [1.807, 2.05) is 18.2 Å². The molecule has 0 spiro atoms. The van der Waals surface area contributed by atoms with Crippen molar-refractivity contribution in [2.24, 2.45) is 5.73 Å². The Balaban J connectivity index is 1.71. The molecule has 7 heteroatoms. The summed E-state index contributed by atoms with van der Waals surface area (Å²) in [5.41, 5.74) is 7.05. The number of anilines is 1. The normalized spacial score (nSPS) is 13.4. The van der Waals surface area contributed by atoms with Crippen LogP contribution >= 0.6 is 23.1 Å². The SMILES string of the molecule is NC(=O)c1c(NC(=O)CSc2ccccn2)sc2c1CCCC2. The molecule has 3 rings (SSSR count). The van der Waals surface area contributed by atoms with Gasteiger partial charge >= 0.3 is 0 Å². The predicted octanol–water partition coefficient (Wildman–Crippen LogP) is 2.85. The molecule has 0 aromatic carbocycles. The third kappa shape index (κ3) is 3.73. The Morgan fingerprint density at radius 3 is 2.87 bits per heavy atom. The first-order chi connectivity index (χ1) is 11.1. The van der Waals surface area contributed by atoms with Gasteiger partial charge in [0, 0.05) is 11.1 Å². The molecule has 0 aliphatic heterocycles. The van der Waals surface area contributed by atoms with Gasteiger partial charge in [0.05, 0.1) is 16.3 Å². The van der Waals surface area contributed by atoms with Gasteiger partial charge in [-0.25, -0.2) is 4.98 Å². The van der Waals surface area contributed by atoms with E-state index in [1.165, 1.54) is 28.0 Å². The van der Waals surface area contributed by atoms with Crippen LogP contribution in [-0.2, 0) is 17.6 Å². The van der Waals surface area contributed by atoms with Crippen molar-refractivity contribution < 1.29 is 9.59 Å². The molecule has 0 saturated heterocycles. The lowest BCUT2D eigenvalue weighted by Crippen LogP contribution is -2.19. The molecule has 2 heterocycles. The molecule has 2 aromatic heterocycles. The van der Waals surface area contributed by atoms with Gasteiger partial charge < -0.3 is 11.1 Å². The molecular formula is C16H17N3O2S2. The highest BCUT2D eigenvalue weighted by molar-refractivity contribution is 7.99. The minimum atomic E-state index is -0.461. The number of hydrogen-bond acceptors (Lipinski definition) is 5. The third-order valence-electron chi connectivity index (χ3n) is 3.66. The Morgan fingerprint density at radius 2 is 2.13 bits per heavy atom. The molecule has 23 heavy (non-hydrogen) atoms. The van der Waals surface area contributed by atoms with E-state index in [9.17, 15) is 9.59 Å². The van der Waals surface area contributed by atoms with Crippen molar-refractivity contribution in [2.75, 3.05) is 11.1 Å². The van der Waals surface area contributed by atoms with Gasteiger partial charge in [-0.2, -0.15) is 0 Å². The highest BCUT2D eigenvalue weighted by atomic mass is 32.2. The minimum Gasteiger partial charge on any atom is -0.365 e. The largest absolute Gasteiger partial charge is 0.365 e. The molecule has 0 unspecified atom stereocenters. The summed E-state index contributed by atoms with van der Waals surface area (Å²) < 4.78 is 0. The number of carbonyl (C=O) groups is 2. The molecular weight excluding hydrogens is 330 g/mol. The van der Waals surface area contributed by atoms with Crippen molar-refractivity contribution in [2.45, 2.75) is 30.7 Å². The number of hydrogen-bond donors (Lipinski definition) is 2. The molecule has 5 nitrogen and oxygen atoms in total. The van der Waals surface area contributed by atoms with Crippen LogP contribution in [0.1, 0.15) is 33.6 Å². The number of carbonyl (C=O) groups excluding carboxylic acids is 2. The lowest BCUT2D eigenvalue weighted by molar-refractivity contribution is -0.113. The Bertz CT molecular complexity index is 728. The molecule has 0 fully saturated rings. The molecule has 2 aromatic rings. The average molecular weight is 347 g/mol. The summed E-state index contributed by atoms with van der Waals surface area (Å²) in [6, 6.07) is 5.57. The zero-order valence-electron chi connectivity index (χ0n) is 12.5. The van der Waals surface area contributed by atoms with Crippen molar-refractivity contribution in [3.63, 3.8) is 0 Å². The van der Waals surface area contributed by atoms with E-state index in [2.05, 4.69) is 10.3 Å². The monoisotopic (exact) mass is 347 g/mol. The highest BCUT2D eigenvalue weighted by Gasteiger charge is 2.24. The molecule has 0 saturated carbocycles. The molecule has 0 atom stereocenters. The van der Waals surface area contributed by atoms with Gasteiger partial charge in [0.1, 0.15) is 5.00 Å². The number of aromatic nitrogens is 1. The summed E-state index contributed by atoms with van der Waals surface area (Å²) in [7, 11) is 0. The molecule has 0 radical (unpaired) electrons. The van der Waals surface area contributed by atoms with Crippen LogP contribution in [0.4, 0.5) is 5.00 Å². The molecule has 1 aliphatic rings. The number of aryl methyl sites for hydroxylation is 1. The first kappa shape index (κ1) is 16.0. The number of thiophene rings is 1. The van der Waals surface area contributed by atoms with Crippen LogP contribution in [0.5, 0.6) is 0 Å². The van der Waals surface area contributed by atoms with E-state index in [1.54, 1.807) is 6.20 Å². The second-order valence-corrected chi connectivity index (χ2v) is 7.38. The van der Waals surface area contributed by atoms with Crippen LogP contribution in [0, 0.1) is 0 Å². The predicted molar refractivity (Wildman–Crippen MR) is 93.1 cm³/mol. The number of nitrogens with two attached hydrogens (primary N) is 1. The van der Waals surface area contributed by atoms with Gasteiger partial charge in [-0.15, -0.1) is 11.3 Å². The van der Waals surface area contributed by atoms with Crippen LogP contribution in [0.25, 0.3) is 0 Å². The Hall–Kier alpha value is -1.86. The summed E-state index contributed by atoms with van der Waals surface area (Å²) in [5, 5.41) is 4.24. The lowest BCUT2D eigenvalue weighted by atomic mass is 9.95. The molecule has 0 bridgehead atoms. The van der Waals surface area contributed by atoms with Gasteiger partial charge in [-0.05, 0) is 43.4 Å². The van der Waals surface area contributed by atoms with Gasteiger partial charge in [0.2, 0.25) is 5.91 Å². The topological polar surface area (TPSA) is 85.1 Å². The molecule has 120 valence electrons. The van der Waals surface area contributed by atoms with Gasteiger partial charge in [0.15, 0.2) is 0 Å². The van der Waals surface area contributed by atoms with Gasteiger partial charge in [0.25, 0.3) is 5.91 Å². The molecule has 2 amide bonds. The van der Waals surface area contributed by atoms with Gasteiger partial charge in [-0.1, -0.05) is 17.8 Å². The highest BCUT2D eigenvalue weighted by Crippen LogP contribution is 2.37. The quantitative estimate of drug-likeness (QED) is 0.815. The smallest absolute Gasteiger partial charge is 0.251 e. The fraction of sp³-hybridized carbons (Fsp3) is 0.312. The van der Waals surface area contributed by atoms with Crippen LogP contribution < -0.4 is 11.1 Å². The minimum absolute atomic E-state index is 0.151. The summed E-state index contributed by atoms with van der Waals surface area (Å²) in [6.07, 6.45) is 5.70. The summed E-state index contributed by atoms with van der Waals surface area (Å²) in [6.45, 7) is 0. The lowest BCUT2D eigenvalue weighted by Gasteiger charge is -2.11. The third-order valence-corrected chi connectivity index (χ3v) is 5.81. The zero-order chi connectivity index (χ0) is 16.2. The van der Waals surface area contributed by atoms with Crippen molar-refractivity contribution in [1.82, 2.24) is 4.98 Å². The number of amides is 2. The number of fused-ring (bicyclic) bond motifs is 1. The van der Waals surface area contributed by atoms with Gasteiger partial charge in [-0.3, -0.25) is 9.59 Å². The second-order valence-electron chi connectivity index (χ2n) is 5.28. The van der Waals surface area contributed by atoms with Crippen molar-refractivity contribution in [3.05, 3.63) is 40.4 Å². The fourth-order valence-electron chi connectivity index (χ4n) is 2.65. The summed E-state index contributed by atoms with van der Waals surface area (Å²) in [4.78, 5) is 29.3. The van der Waals surface area contributed by atoms with E-state index < -0.39 is 5.91 Å². The molecule has 3 N–H and O–H groups in total. The van der Waals surface area contributed by atoms with E-state index >= 15 is 0 Å². The van der Waals surface area contributed by atoms with Crippen LogP contribution in [0.15, 0.2) is 29.4 Å². The van der Waals surface area contributed by atoms with E-state index in [4.69, 9.17) is 5.73 Å².